The Kier molecular flexibility index (Phi) is 22.6. The highest BCUT2D eigenvalue weighted by Gasteiger charge is 2.17. The molecule has 0 radical (unpaired) electrons. The van der Waals surface area contributed by atoms with Crippen molar-refractivity contribution in [2.45, 2.75) is 118 Å². The molecule has 0 aliphatic heterocycles. The molecule has 0 aromatic rings. The predicted molar refractivity (Wildman–Crippen MR) is 161 cm³/mol. The number of hydrogen-bond acceptors (Lipinski definition) is 9. The Morgan fingerprint density at radius 1 is 0.436 bits per heavy atom. The summed E-state index contributed by atoms with van der Waals surface area (Å²) in [5.41, 5.74) is -1.06. The van der Waals surface area contributed by atoms with Gasteiger partial charge in [0.1, 0.15) is 16.8 Å². The third-order valence-corrected chi connectivity index (χ3v) is 4.25. The highest BCUT2D eigenvalue weighted by Crippen LogP contribution is 2.10. The second-order valence-corrected chi connectivity index (χ2v) is 13.5. The molecule has 0 amide bonds. The van der Waals surface area contributed by atoms with E-state index in [4.69, 9.17) is 14.2 Å². The second kappa shape index (κ2) is 21.1. The van der Waals surface area contributed by atoms with E-state index >= 15 is 0 Å². The van der Waals surface area contributed by atoms with Crippen LogP contribution in [0.25, 0.3) is 0 Å². The van der Waals surface area contributed by atoms with Crippen molar-refractivity contribution < 1.29 is 28.6 Å². The molecule has 0 rings (SSSR count). The third kappa shape index (κ3) is 43.6. The van der Waals surface area contributed by atoms with Gasteiger partial charge in [0.25, 0.3) is 0 Å². The lowest BCUT2D eigenvalue weighted by molar-refractivity contribution is -0.156. The minimum Gasteiger partial charge on any atom is -0.460 e. The summed E-state index contributed by atoms with van der Waals surface area (Å²) in [4.78, 5) is 39.7. The summed E-state index contributed by atoms with van der Waals surface area (Å²) in [6.07, 6.45) is 4.33. The van der Waals surface area contributed by atoms with Crippen molar-refractivity contribution in [3.63, 3.8) is 0 Å². The van der Waals surface area contributed by atoms with E-state index in [0.29, 0.717) is 19.3 Å². The molecule has 0 aromatic carbocycles. The number of ether oxygens (including phenoxy) is 3. The molecule has 0 aliphatic rings. The second-order valence-electron chi connectivity index (χ2n) is 13.5. The maximum absolute atomic E-state index is 11.3. The topological polar surface area (TPSA) is 88.6 Å². The maximum Gasteiger partial charge on any atom is 0.307 e. The van der Waals surface area contributed by atoms with E-state index in [1.54, 1.807) is 0 Å². The normalized spacial score (nSPS) is 11.8. The zero-order chi connectivity index (χ0) is 31.4. The molecule has 0 unspecified atom stereocenters. The number of carbonyl (C=O) groups excluding carboxylic acids is 3. The van der Waals surface area contributed by atoms with E-state index in [2.05, 4.69) is 9.80 Å². The van der Waals surface area contributed by atoms with E-state index in [-0.39, 0.29) is 34.7 Å². The molecule has 0 bridgehead atoms. The van der Waals surface area contributed by atoms with Gasteiger partial charge in [0.2, 0.25) is 0 Å². The number of esters is 3. The summed E-state index contributed by atoms with van der Waals surface area (Å²) in [5.74, 6) is -0.318. The van der Waals surface area contributed by atoms with Crippen LogP contribution in [-0.4, -0.2) is 111 Å². The largest absolute Gasteiger partial charge is 0.460 e. The lowest BCUT2D eigenvalue weighted by Crippen LogP contribution is -2.26. The molecule has 9 heteroatoms. The van der Waals surface area contributed by atoms with Crippen LogP contribution in [0.1, 0.15) is 101 Å². The number of rotatable bonds is 12. The van der Waals surface area contributed by atoms with E-state index in [0.717, 1.165) is 38.9 Å². The molecule has 39 heavy (non-hydrogen) atoms. The average molecular weight is 562 g/mol. The Labute approximate surface area is 240 Å². The predicted octanol–water partition coefficient (Wildman–Crippen LogP) is 5.01. The molecule has 9 nitrogen and oxygen atoms in total. The van der Waals surface area contributed by atoms with Gasteiger partial charge in [-0.1, -0.05) is 0 Å². The smallest absolute Gasteiger partial charge is 0.307 e. The van der Waals surface area contributed by atoms with Crippen LogP contribution >= 0.6 is 0 Å². The van der Waals surface area contributed by atoms with Crippen molar-refractivity contribution in [3.8, 4) is 0 Å². The van der Waals surface area contributed by atoms with Gasteiger partial charge < -0.3 is 28.9 Å². The van der Waals surface area contributed by atoms with Gasteiger partial charge >= 0.3 is 17.9 Å². The summed E-state index contributed by atoms with van der Waals surface area (Å²) in [6, 6.07) is 0. The summed E-state index contributed by atoms with van der Waals surface area (Å²) in [6.45, 7) is 19.7. The van der Waals surface area contributed by atoms with Crippen LogP contribution in [0.3, 0.4) is 0 Å². The van der Waals surface area contributed by atoms with Crippen LogP contribution in [0.5, 0.6) is 0 Å². The Hall–Kier alpha value is -1.71. The van der Waals surface area contributed by atoms with Crippen molar-refractivity contribution in [1.82, 2.24) is 14.7 Å². The quantitative estimate of drug-likeness (QED) is 0.185. The van der Waals surface area contributed by atoms with Gasteiger partial charge in [-0.05, 0) is 137 Å². The zero-order valence-corrected chi connectivity index (χ0v) is 28.2. The van der Waals surface area contributed by atoms with Crippen LogP contribution in [-0.2, 0) is 28.6 Å². The summed E-state index contributed by atoms with van der Waals surface area (Å²) in [7, 11) is 11.9. The van der Waals surface area contributed by atoms with Gasteiger partial charge in [-0.3, -0.25) is 14.4 Å². The zero-order valence-electron chi connectivity index (χ0n) is 28.2. The van der Waals surface area contributed by atoms with Crippen molar-refractivity contribution >= 4 is 17.9 Å². The Balaban J connectivity index is -0.000000500. The van der Waals surface area contributed by atoms with E-state index < -0.39 is 0 Å². The van der Waals surface area contributed by atoms with Crippen molar-refractivity contribution in [3.05, 3.63) is 0 Å². The molecule has 0 aromatic heterocycles. The molecule has 0 atom stereocenters. The molecule has 0 aliphatic carbocycles. The van der Waals surface area contributed by atoms with Crippen LogP contribution < -0.4 is 0 Å². The fourth-order valence-corrected chi connectivity index (χ4v) is 2.73. The summed E-state index contributed by atoms with van der Waals surface area (Å²) in [5, 5.41) is 0. The molecule has 0 fully saturated rings. The lowest BCUT2D eigenvalue weighted by atomic mass is 10.2. The van der Waals surface area contributed by atoms with Crippen LogP contribution in [0.4, 0.5) is 0 Å². The maximum atomic E-state index is 11.3. The molecule has 234 valence electrons. The standard InChI is InChI=1S/C11H23NO2.C10H21NO2.C9H19NO2/c1-11(2,3)14-10(13)8-6-7-9-12(4)5;1-10(2,3)13-9(12)7-6-8-11(4)5;1-9(2,3)12-8(11)6-7-10(4)5/h6-9H2,1-5H3;6-8H2,1-5H3;6-7H2,1-5H3. The molecular weight excluding hydrogens is 498 g/mol. The minimum atomic E-state index is -0.358. The molecule has 0 saturated carbocycles. The first-order valence-corrected chi connectivity index (χ1v) is 14.0. The number of hydrogen-bond donors (Lipinski definition) is 0. The number of carbonyl (C=O) groups is 3. The highest BCUT2D eigenvalue weighted by molar-refractivity contribution is 5.70. The first-order valence-electron chi connectivity index (χ1n) is 14.0. The van der Waals surface area contributed by atoms with Crippen LogP contribution in [0, 0.1) is 0 Å². The van der Waals surface area contributed by atoms with Crippen molar-refractivity contribution in [2.24, 2.45) is 0 Å². The van der Waals surface area contributed by atoms with Crippen LogP contribution in [0.2, 0.25) is 0 Å². The van der Waals surface area contributed by atoms with Gasteiger partial charge in [-0.2, -0.15) is 0 Å². The van der Waals surface area contributed by atoms with Crippen molar-refractivity contribution in [2.75, 3.05) is 61.9 Å². The first kappa shape index (κ1) is 41.8. The fourth-order valence-electron chi connectivity index (χ4n) is 2.73. The summed E-state index contributed by atoms with van der Waals surface area (Å²) < 4.78 is 15.5. The molecule has 0 spiro atoms. The Morgan fingerprint density at radius 2 is 0.718 bits per heavy atom. The number of nitrogens with zero attached hydrogens (tertiary/aromatic N) is 3. The molecule has 0 heterocycles. The van der Waals surface area contributed by atoms with Gasteiger partial charge in [0.05, 0.1) is 6.42 Å². The third-order valence-electron chi connectivity index (χ3n) is 4.25. The van der Waals surface area contributed by atoms with E-state index in [9.17, 15) is 14.4 Å². The highest BCUT2D eigenvalue weighted by atomic mass is 16.6. The molecular formula is C30H63N3O6. The summed E-state index contributed by atoms with van der Waals surface area (Å²) >= 11 is 0. The van der Waals surface area contributed by atoms with Crippen molar-refractivity contribution in [1.29, 1.82) is 0 Å². The van der Waals surface area contributed by atoms with Crippen LogP contribution in [0.15, 0.2) is 0 Å². The van der Waals surface area contributed by atoms with Gasteiger partial charge in [0.15, 0.2) is 0 Å². The lowest BCUT2D eigenvalue weighted by Gasteiger charge is -2.20. The SMILES string of the molecule is CN(C)CCC(=O)OC(C)(C)C.CN(C)CCCC(=O)OC(C)(C)C.CN(C)CCCCC(=O)OC(C)(C)C. The van der Waals surface area contributed by atoms with E-state index in [1.165, 1.54) is 0 Å². The van der Waals surface area contributed by atoms with Gasteiger partial charge in [-0.25, -0.2) is 0 Å². The van der Waals surface area contributed by atoms with E-state index in [1.807, 2.05) is 109 Å². The monoisotopic (exact) mass is 561 g/mol. The average Bonchev–Trinajstić information content (AvgIpc) is 2.66. The Bertz CT molecular complexity index is 657. The molecule has 0 N–H and O–H groups in total. The Morgan fingerprint density at radius 3 is 1.03 bits per heavy atom. The first-order chi connectivity index (χ1) is 17.4. The van der Waals surface area contributed by atoms with Gasteiger partial charge in [-0.15, -0.1) is 0 Å². The number of unbranched alkanes of at least 4 members (excludes halogenated alkanes) is 1. The van der Waals surface area contributed by atoms with Gasteiger partial charge in [0, 0.05) is 19.4 Å². The molecule has 0 saturated heterocycles. The fraction of sp³-hybridized carbons (Fsp3) is 0.900. The minimum absolute atomic E-state index is 0.0868.